The molecule has 2 amide bonds. The Labute approximate surface area is 142 Å². The number of halogens is 6. The lowest BCUT2D eigenvalue weighted by Gasteiger charge is -2.14. The monoisotopic (exact) mass is 376 g/mol. The van der Waals surface area contributed by atoms with Crippen molar-refractivity contribution in [1.82, 2.24) is 0 Å². The minimum absolute atomic E-state index is 0.0611. The minimum Gasteiger partial charge on any atom is -0.366 e. The molecule has 4 nitrogen and oxygen atoms in total. The van der Waals surface area contributed by atoms with E-state index >= 15 is 0 Å². The number of rotatable bonds is 3. The van der Waals surface area contributed by atoms with Gasteiger partial charge in [0.05, 0.1) is 11.1 Å². The molecule has 0 aliphatic carbocycles. The van der Waals surface area contributed by atoms with Gasteiger partial charge in [0.25, 0.3) is 5.91 Å². The van der Waals surface area contributed by atoms with Crippen LogP contribution < -0.4 is 11.1 Å². The molecule has 0 bridgehead atoms. The van der Waals surface area contributed by atoms with Crippen molar-refractivity contribution < 1.29 is 35.9 Å². The van der Waals surface area contributed by atoms with E-state index in [-0.39, 0.29) is 17.3 Å². The van der Waals surface area contributed by atoms with Crippen LogP contribution >= 0.6 is 0 Å². The topological polar surface area (TPSA) is 72.2 Å². The van der Waals surface area contributed by atoms with Crippen molar-refractivity contribution in [3.8, 4) is 0 Å². The Hall–Kier alpha value is -3.04. The van der Waals surface area contributed by atoms with E-state index in [4.69, 9.17) is 5.73 Å². The Balaban J connectivity index is 2.37. The highest BCUT2D eigenvalue weighted by atomic mass is 19.4. The van der Waals surface area contributed by atoms with Crippen molar-refractivity contribution in [3.63, 3.8) is 0 Å². The summed E-state index contributed by atoms with van der Waals surface area (Å²) in [5.41, 5.74) is 1.20. The maximum atomic E-state index is 12.8. The number of amides is 2. The van der Waals surface area contributed by atoms with Crippen molar-refractivity contribution in [2.75, 3.05) is 5.32 Å². The zero-order valence-corrected chi connectivity index (χ0v) is 12.7. The average molecular weight is 376 g/mol. The molecule has 0 aliphatic rings. The zero-order valence-electron chi connectivity index (χ0n) is 12.7. The van der Waals surface area contributed by atoms with Gasteiger partial charge in [0.15, 0.2) is 0 Å². The fraction of sp³-hybridized carbons (Fsp3) is 0.125. The summed E-state index contributed by atoms with van der Waals surface area (Å²) < 4.78 is 76.8. The third kappa shape index (κ3) is 4.52. The quantitative estimate of drug-likeness (QED) is 0.793. The van der Waals surface area contributed by atoms with Crippen LogP contribution in [0.4, 0.5) is 32.0 Å². The van der Waals surface area contributed by atoms with E-state index < -0.39 is 40.9 Å². The van der Waals surface area contributed by atoms with E-state index in [9.17, 15) is 35.9 Å². The highest BCUT2D eigenvalue weighted by Crippen LogP contribution is 2.36. The molecule has 0 aromatic heterocycles. The van der Waals surface area contributed by atoms with E-state index in [2.05, 4.69) is 5.32 Å². The van der Waals surface area contributed by atoms with Crippen molar-refractivity contribution in [3.05, 3.63) is 64.7 Å². The maximum Gasteiger partial charge on any atom is 0.416 e. The van der Waals surface area contributed by atoms with Gasteiger partial charge in [0.2, 0.25) is 5.91 Å². The predicted octanol–water partition coefficient (Wildman–Crippen LogP) is 4.08. The van der Waals surface area contributed by atoms with Gasteiger partial charge in [0.1, 0.15) is 0 Å². The van der Waals surface area contributed by atoms with Crippen LogP contribution in [0.3, 0.4) is 0 Å². The molecule has 26 heavy (non-hydrogen) atoms. The number of primary amides is 1. The van der Waals surface area contributed by atoms with Gasteiger partial charge in [-0.1, -0.05) is 0 Å². The summed E-state index contributed by atoms with van der Waals surface area (Å²) in [7, 11) is 0. The zero-order chi connectivity index (χ0) is 19.7. The van der Waals surface area contributed by atoms with Crippen molar-refractivity contribution in [2.45, 2.75) is 12.4 Å². The van der Waals surface area contributed by atoms with Gasteiger partial charge < -0.3 is 11.1 Å². The third-order valence-corrected chi connectivity index (χ3v) is 3.28. The summed E-state index contributed by atoms with van der Waals surface area (Å²) in [6, 6.07) is 5.52. The molecular formula is C16H10F6N2O2. The van der Waals surface area contributed by atoms with Crippen LogP contribution in [0.1, 0.15) is 31.8 Å². The maximum absolute atomic E-state index is 12.8. The molecule has 0 fully saturated rings. The minimum atomic E-state index is -5.06. The smallest absolute Gasteiger partial charge is 0.366 e. The lowest BCUT2D eigenvalue weighted by atomic mass is 10.0. The summed E-state index contributed by atoms with van der Waals surface area (Å²) in [6.07, 6.45) is -10.1. The molecule has 2 rings (SSSR count). The number of hydrogen-bond acceptors (Lipinski definition) is 2. The molecule has 0 saturated heterocycles. The standard InChI is InChI=1S/C16H10F6N2O2/c17-15(18,19)10-5-9(6-11(7-10)16(20,21)22)14(26)24-12-3-1-8(2-4-12)13(23)25/h1-7H,(H2,23,25)(H,24,26). The van der Waals surface area contributed by atoms with Crippen molar-refractivity contribution in [2.24, 2.45) is 5.73 Å². The van der Waals surface area contributed by atoms with E-state index in [1.165, 1.54) is 24.3 Å². The largest absolute Gasteiger partial charge is 0.416 e. The number of benzene rings is 2. The first-order valence-electron chi connectivity index (χ1n) is 6.88. The van der Waals surface area contributed by atoms with Gasteiger partial charge in [0, 0.05) is 16.8 Å². The predicted molar refractivity (Wildman–Crippen MR) is 79.4 cm³/mol. The summed E-state index contributed by atoms with van der Waals surface area (Å²) in [4.78, 5) is 23.0. The Morgan fingerprint density at radius 1 is 0.769 bits per heavy atom. The molecule has 0 atom stereocenters. The molecule has 0 saturated carbocycles. The van der Waals surface area contributed by atoms with Crippen LogP contribution in [-0.2, 0) is 12.4 Å². The number of nitrogens with two attached hydrogens (primary N) is 1. The normalized spacial score (nSPS) is 11.9. The molecular weight excluding hydrogens is 366 g/mol. The number of nitrogens with one attached hydrogen (secondary N) is 1. The lowest BCUT2D eigenvalue weighted by molar-refractivity contribution is -0.143. The second-order valence-electron chi connectivity index (χ2n) is 5.19. The molecule has 2 aromatic rings. The van der Waals surface area contributed by atoms with Crippen LogP contribution in [0.2, 0.25) is 0 Å². The fourth-order valence-corrected chi connectivity index (χ4v) is 2.01. The first kappa shape index (κ1) is 19.3. The number of carbonyl (C=O) groups excluding carboxylic acids is 2. The second kappa shape index (κ2) is 6.70. The number of carbonyl (C=O) groups is 2. The third-order valence-electron chi connectivity index (χ3n) is 3.28. The Morgan fingerprint density at radius 2 is 1.23 bits per heavy atom. The van der Waals surface area contributed by atoms with E-state index in [0.29, 0.717) is 12.1 Å². The molecule has 3 N–H and O–H groups in total. The molecule has 10 heteroatoms. The van der Waals surface area contributed by atoms with Crippen LogP contribution in [0, 0.1) is 0 Å². The number of anilines is 1. The van der Waals surface area contributed by atoms with Crippen molar-refractivity contribution in [1.29, 1.82) is 0 Å². The van der Waals surface area contributed by atoms with Gasteiger partial charge in [-0.3, -0.25) is 9.59 Å². The first-order valence-corrected chi connectivity index (χ1v) is 6.88. The number of hydrogen-bond donors (Lipinski definition) is 2. The molecule has 0 unspecified atom stereocenters. The highest BCUT2D eigenvalue weighted by molar-refractivity contribution is 6.04. The highest BCUT2D eigenvalue weighted by Gasteiger charge is 2.37. The molecule has 2 aromatic carbocycles. The van der Waals surface area contributed by atoms with E-state index in [0.717, 1.165) is 0 Å². The summed E-state index contributed by atoms with van der Waals surface area (Å²) in [5.74, 6) is -1.91. The van der Waals surface area contributed by atoms with Gasteiger partial charge >= 0.3 is 12.4 Å². The molecule has 0 radical (unpaired) electrons. The summed E-state index contributed by atoms with van der Waals surface area (Å²) >= 11 is 0. The molecule has 0 aliphatic heterocycles. The average Bonchev–Trinajstić information content (AvgIpc) is 2.53. The Bertz CT molecular complexity index is 809. The lowest BCUT2D eigenvalue weighted by Crippen LogP contribution is -2.17. The SMILES string of the molecule is NC(=O)c1ccc(NC(=O)c2cc(C(F)(F)F)cc(C(F)(F)F)c2)cc1. The van der Waals surface area contributed by atoms with E-state index in [1.54, 1.807) is 0 Å². The molecule has 0 spiro atoms. The van der Waals surface area contributed by atoms with Crippen LogP contribution in [-0.4, -0.2) is 11.8 Å². The van der Waals surface area contributed by atoms with E-state index in [1.807, 2.05) is 0 Å². The van der Waals surface area contributed by atoms with Gasteiger partial charge in [-0.25, -0.2) is 0 Å². The van der Waals surface area contributed by atoms with Gasteiger partial charge in [-0.2, -0.15) is 26.3 Å². The summed E-state index contributed by atoms with van der Waals surface area (Å²) in [6.45, 7) is 0. The van der Waals surface area contributed by atoms with Gasteiger partial charge in [-0.15, -0.1) is 0 Å². The van der Waals surface area contributed by atoms with Crippen LogP contribution in [0.25, 0.3) is 0 Å². The summed E-state index contributed by atoms with van der Waals surface area (Å²) in [5, 5.41) is 2.16. The molecule has 138 valence electrons. The second-order valence-corrected chi connectivity index (χ2v) is 5.19. The van der Waals surface area contributed by atoms with Gasteiger partial charge in [-0.05, 0) is 42.5 Å². The van der Waals surface area contributed by atoms with Crippen molar-refractivity contribution >= 4 is 17.5 Å². The Kier molecular flexibility index (Phi) is 4.97. The fourth-order valence-electron chi connectivity index (χ4n) is 2.01. The first-order chi connectivity index (χ1) is 11.9. The molecule has 0 heterocycles. The Morgan fingerprint density at radius 3 is 1.62 bits per heavy atom. The number of alkyl halides is 6. The van der Waals surface area contributed by atoms with Crippen LogP contribution in [0.15, 0.2) is 42.5 Å². The van der Waals surface area contributed by atoms with Crippen LogP contribution in [0.5, 0.6) is 0 Å².